The van der Waals surface area contributed by atoms with Crippen molar-refractivity contribution in [3.63, 3.8) is 0 Å². The van der Waals surface area contributed by atoms with E-state index in [2.05, 4.69) is 0 Å². The lowest BCUT2D eigenvalue weighted by atomic mass is 10.3. The molecule has 2 rings (SSSR count). The van der Waals surface area contributed by atoms with Gasteiger partial charge in [0.1, 0.15) is 0 Å². The first kappa shape index (κ1) is 11.7. The molecular formula is C12H11NO3. The van der Waals surface area contributed by atoms with Crippen molar-refractivity contribution in [2.75, 3.05) is 0 Å². The van der Waals surface area contributed by atoms with Gasteiger partial charge in [-0.3, -0.25) is 10.1 Å². The molecule has 4 nitrogen and oxygen atoms in total. The van der Waals surface area contributed by atoms with Crippen LogP contribution in [0.4, 0.5) is 5.69 Å². The second kappa shape index (κ2) is 6.19. The van der Waals surface area contributed by atoms with Crippen LogP contribution in [-0.4, -0.2) is 10.0 Å². The van der Waals surface area contributed by atoms with Gasteiger partial charge in [-0.1, -0.05) is 48.5 Å². The number of rotatable bonds is 1. The molecule has 0 amide bonds. The number of phenolic OH excluding ortho intramolecular Hbond substituents is 1. The van der Waals surface area contributed by atoms with Crippen LogP contribution in [0.25, 0.3) is 0 Å². The van der Waals surface area contributed by atoms with Gasteiger partial charge >= 0.3 is 5.69 Å². The van der Waals surface area contributed by atoms with E-state index in [1.54, 1.807) is 0 Å². The molecule has 0 saturated carbocycles. The van der Waals surface area contributed by atoms with Crippen LogP contribution in [-0.2, 0) is 0 Å². The maximum absolute atomic E-state index is 10.1. The van der Waals surface area contributed by atoms with Crippen LogP contribution in [0.3, 0.4) is 0 Å². The number of para-hydroxylation sites is 2. The topological polar surface area (TPSA) is 63.4 Å². The van der Waals surface area contributed by atoms with E-state index >= 15 is 0 Å². The Morgan fingerprint density at radius 2 is 1.31 bits per heavy atom. The molecule has 2 aromatic carbocycles. The lowest BCUT2D eigenvalue weighted by molar-refractivity contribution is -0.385. The largest absolute Gasteiger partial charge is 0.502 e. The summed E-state index contributed by atoms with van der Waals surface area (Å²) in [7, 11) is 0. The predicted molar refractivity (Wildman–Crippen MR) is 61.2 cm³/mol. The summed E-state index contributed by atoms with van der Waals surface area (Å²) in [6.45, 7) is 0. The Kier molecular flexibility index (Phi) is 4.53. The smallest absolute Gasteiger partial charge is 0.310 e. The number of benzene rings is 2. The summed E-state index contributed by atoms with van der Waals surface area (Å²) in [6, 6.07) is 17.5. The minimum atomic E-state index is -0.630. The standard InChI is InChI=1S/C6H5NO3.C6H6/c8-6-4-2-1-3-5(6)7(9)10;1-2-4-6-5-3-1/h1-4,8H;1-6H. The highest BCUT2D eigenvalue weighted by Gasteiger charge is 2.09. The molecular weight excluding hydrogens is 206 g/mol. The highest BCUT2D eigenvalue weighted by molar-refractivity contribution is 5.44. The Labute approximate surface area is 92.9 Å². The van der Waals surface area contributed by atoms with E-state index in [9.17, 15) is 10.1 Å². The zero-order valence-corrected chi connectivity index (χ0v) is 8.48. The lowest BCUT2D eigenvalue weighted by Gasteiger charge is -1.91. The van der Waals surface area contributed by atoms with E-state index < -0.39 is 4.92 Å². The molecule has 0 unspecified atom stereocenters. The Morgan fingerprint density at radius 1 is 0.875 bits per heavy atom. The maximum atomic E-state index is 10.1. The predicted octanol–water partition coefficient (Wildman–Crippen LogP) is 2.99. The van der Waals surface area contributed by atoms with Crippen molar-refractivity contribution in [2.45, 2.75) is 0 Å². The minimum Gasteiger partial charge on any atom is -0.502 e. The van der Waals surface area contributed by atoms with Gasteiger partial charge in [0.2, 0.25) is 0 Å². The third-order valence-electron chi connectivity index (χ3n) is 1.75. The van der Waals surface area contributed by atoms with Crippen molar-refractivity contribution in [3.8, 4) is 5.75 Å². The molecule has 0 aliphatic heterocycles. The van der Waals surface area contributed by atoms with Gasteiger partial charge < -0.3 is 5.11 Å². The molecule has 0 heterocycles. The summed E-state index contributed by atoms with van der Waals surface area (Å²) in [5.41, 5.74) is -0.262. The zero-order valence-electron chi connectivity index (χ0n) is 8.48. The molecule has 0 aliphatic rings. The third kappa shape index (κ3) is 3.79. The Hall–Kier alpha value is -2.36. The van der Waals surface area contributed by atoms with Crippen LogP contribution >= 0.6 is 0 Å². The third-order valence-corrected chi connectivity index (χ3v) is 1.75. The van der Waals surface area contributed by atoms with Crippen molar-refractivity contribution in [1.29, 1.82) is 0 Å². The van der Waals surface area contributed by atoms with E-state index in [1.807, 2.05) is 36.4 Å². The molecule has 0 fully saturated rings. The SMILES string of the molecule is O=[N+]([O-])c1ccccc1O.c1ccccc1. The molecule has 0 radical (unpaired) electrons. The number of hydrogen-bond acceptors (Lipinski definition) is 3. The summed E-state index contributed by atoms with van der Waals surface area (Å²) >= 11 is 0. The summed E-state index contributed by atoms with van der Waals surface area (Å²) in [6.07, 6.45) is 0. The fraction of sp³-hybridized carbons (Fsp3) is 0. The Bertz CT molecular complexity index is 416. The van der Waals surface area contributed by atoms with Gasteiger partial charge in [0.05, 0.1) is 4.92 Å². The highest BCUT2D eigenvalue weighted by Crippen LogP contribution is 2.23. The number of nitro benzene ring substituents is 1. The fourth-order valence-corrected chi connectivity index (χ4v) is 1.00. The van der Waals surface area contributed by atoms with Crippen LogP contribution in [0.1, 0.15) is 0 Å². The fourth-order valence-electron chi connectivity index (χ4n) is 1.00. The van der Waals surface area contributed by atoms with E-state index in [0.717, 1.165) is 0 Å². The summed E-state index contributed by atoms with van der Waals surface area (Å²) in [4.78, 5) is 9.44. The van der Waals surface area contributed by atoms with Crippen molar-refractivity contribution in [2.24, 2.45) is 0 Å². The van der Waals surface area contributed by atoms with Crippen LogP contribution in [0.15, 0.2) is 60.7 Å². The van der Waals surface area contributed by atoms with E-state index in [1.165, 1.54) is 24.3 Å². The summed E-state index contributed by atoms with van der Waals surface area (Å²) in [5, 5.41) is 18.9. The average molecular weight is 217 g/mol. The first-order chi connectivity index (χ1) is 7.72. The quantitative estimate of drug-likeness (QED) is 0.590. The molecule has 82 valence electrons. The molecule has 0 bridgehead atoms. The van der Waals surface area contributed by atoms with Crippen molar-refractivity contribution in [1.82, 2.24) is 0 Å². The maximum Gasteiger partial charge on any atom is 0.310 e. The molecule has 16 heavy (non-hydrogen) atoms. The number of hydrogen-bond donors (Lipinski definition) is 1. The van der Waals surface area contributed by atoms with Crippen LogP contribution < -0.4 is 0 Å². The van der Waals surface area contributed by atoms with Crippen LogP contribution in [0.2, 0.25) is 0 Å². The molecule has 4 heteroatoms. The van der Waals surface area contributed by atoms with E-state index in [-0.39, 0.29) is 11.4 Å². The van der Waals surface area contributed by atoms with Crippen LogP contribution in [0, 0.1) is 10.1 Å². The van der Waals surface area contributed by atoms with Gasteiger partial charge in [-0.15, -0.1) is 0 Å². The normalized spacial score (nSPS) is 8.75. The van der Waals surface area contributed by atoms with Gasteiger partial charge in [-0.05, 0) is 6.07 Å². The van der Waals surface area contributed by atoms with E-state index in [0.29, 0.717) is 0 Å². The van der Waals surface area contributed by atoms with Gasteiger partial charge in [0.25, 0.3) is 0 Å². The molecule has 1 N–H and O–H groups in total. The first-order valence-electron chi connectivity index (χ1n) is 4.64. The Balaban J connectivity index is 0.000000181. The molecule has 2 aromatic rings. The number of nitrogens with zero attached hydrogens (tertiary/aromatic N) is 1. The van der Waals surface area contributed by atoms with Gasteiger partial charge in [-0.2, -0.15) is 0 Å². The summed E-state index contributed by atoms with van der Waals surface area (Å²) < 4.78 is 0. The first-order valence-corrected chi connectivity index (χ1v) is 4.64. The van der Waals surface area contributed by atoms with Gasteiger partial charge in [-0.25, -0.2) is 0 Å². The van der Waals surface area contributed by atoms with E-state index in [4.69, 9.17) is 5.11 Å². The Morgan fingerprint density at radius 3 is 1.62 bits per heavy atom. The lowest BCUT2D eigenvalue weighted by Crippen LogP contribution is -1.86. The molecule has 0 aromatic heterocycles. The number of nitro groups is 1. The van der Waals surface area contributed by atoms with Crippen molar-refractivity contribution in [3.05, 3.63) is 70.8 Å². The van der Waals surface area contributed by atoms with Crippen LogP contribution in [0.5, 0.6) is 5.75 Å². The second-order valence-corrected chi connectivity index (χ2v) is 2.90. The highest BCUT2D eigenvalue weighted by atomic mass is 16.6. The molecule has 0 atom stereocenters. The van der Waals surface area contributed by atoms with Crippen molar-refractivity contribution >= 4 is 5.69 Å². The molecule has 0 saturated heterocycles. The monoisotopic (exact) mass is 217 g/mol. The summed E-state index contributed by atoms with van der Waals surface area (Å²) in [5.74, 6) is -0.299. The van der Waals surface area contributed by atoms with Crippen molar-refractivity contribution < 1.29 is 10.0 Å². The number of aromatic hydroxyl groups is 1. The molecule has 0 aliphatic carbocycles. The average Bonchev–Trinajstić information content (AvgIpc) is 2.32. The zero-order chi connectivity index (χ0) is 11.8. The molecule has 0 spiro atoms. The second-order valence-electron chi connectivity index (χ2n) is 2.90. The van der Waals surface area contributed by atoms with Gasteiger partial charge in [0.15, 0.2) is 5.75 Å². The van der Waals surface area contributed by atoms with Gasteiger partial charge in [0, 0.05) is 6.07 Å². The minimum absolute atomic E-state index is 0.262. The number of phenols is 1.